The lowest BCUT2D eigenvalue weighted by Gasteiger charge is -2.25. The fraction of sp³-hybridized carbons (Fsp3) is 0.357. The van der Waals surface area contributed by atoms with Gasteiger partial charge in [-0.25, -0.2) is 9.97 Å². The highest BCUT2D eigenvalue weighted by Gasteiger charge is 2.48. The predicted octanol–water partition coefficient (Wildman–Crippen LogP) is 4.34. The van der Waals surface area contributed by atoms with Crippen LogP contribution in [-0.4, -0.2) is 65.7 Å². The summed E-state index contributed by atoms with van der Waals surface area (Å²) in [4.78, 5) is 24.5. The van der Waals surface area contributed by atoms with Crippen molar-refractivity contribution in [1.82, 2.24) is 24.6 Å². The van der Waals surface area contributed by atoms with Gasteiger partial charge in [0.05, 0.1) is 12.1 Å². The summed E-state index contributed by atoms with van der Waals surface area (Å²) < 4.78 is 9.29. The van der Waals surface area contributed by atoms with Crippen LogP contribution < -0.4 is 10.2 Å². The maximum absolute atomic E-state index is 12.7. The molecule has 0 aliphatic carbocycles. The van der Waals surface area contributed by atoms with Crippen LogP contribution in [0.3, 0.4) is 0 Å². The third-order valence-corrected chi connectivity index (χ3v) is 6.91. The Hall–Kier alpha value is -4.34. The number of carbonyl (C=O) groups is 1. The summed E-state index contributed by atoms with van der Waals surface area (Å²) in [6.45, 7) is 8.94. The van der Waals surface area contributed by atoms with Crippen LogP contribution in [0.4, 0.5) is 16.6 Å². The van der Waals surface area contributed by atoms with Crippen molar-refractivity contribution in [3.63, 3.8) is 0 Å². The molecule has 10 nitrogen and oxygen atoms in total. The van der Waals surface area contributed by atoms with E-state index in [2.05, 4.69) is 44.5 Å². The summed E-state index contributed by atoms with van der Waals surface area (Å²) in [7, 11) is 0. The number of fused-ring (bicyclic) bond motifs is 3. The molecule has 194 valence electrons. The van der Waals surface area contributed by atoms with Gasteiger partial charge in [0.2, 0.25) is 5.95 Å². The molecule has 10 heteroatoms. The lowest BCUT2D eigenvalue weighted by atomic mass is 10.1. The molecule has 0 radical (unpaired) electrons. The molecule has 2 aliphatic rings. The third kappa shape index (κ3) is 4.57. The zero-order valence-electron chi connectivity index (χ0n) is 22.0. The summed E-state index contributed by atoms with van der Waals surface area (Å²) in [5.41, 5.74) is 4.14. The van der Waals surface area contributed by atoms with Crippen molar-refractivity contribution < 1.29 is 14.1 Å². The molecule has 1 amide bonds. The molecule has 6 rings (SSSR count). The highest BCUT2D eigenvalue weighted by Crippen LogP contribution is 2.31. The number of pyridine rings is 1. The molecular weight excluding hydrogens is 480 g/mol. The first kappa shape index (κ1) is 24.0. The average molecular weight is 512 g/mol. The van der Waals surface area contributed by atoms with Gasteiger partial charge in [-0.15, -0.1) is 14.8 Å². The Morgan fingerprint density at radius 1 is 1.18 bits per heavy atom. The van der Waals surface area contributed by atoms with Crippen LogP contribution in [0.1, 0.15) is 45.7 Å². The fourth-order valence-corrected chi connectivity index (χ4v) is 5.10. The van der Waals surface area contributed by atoms with Gasteiger partial charge in [-0.1, -0.05) is 30.3 Å². The maximum Gasteiger partial charge on any atom is 0.596 e. The van der Waals surface area contributed by atoms with E-state index in [9.17, 15) is 4.79 Å². The number of benzene rings is 1. The first-order chi connectivity index (χ1) is 18.2. The molecule has 1 saturated heterocycles. The highest BCUT2D eigenvalue weighted by atomic mass is 16.6. The number of amides is 1. The maximum atomic E-state index is 12.7. The molecule has 1 N–H and O–H groups in total. The Morgan fingerprint density at radius 2 is 2.00 bits per heavy atom. The SMILES string of the molecule is CC(Nc1cc(-c2cc3nncn3c(N3CC4=[N+](C(=O)OC(C)(C)C)CC3C4)n2)ccn1)c1ccccc1. The minimum Gasteiger partial charge on any atom is -0.406 e. The van der Waals surface area contributed by atoms with E-state index in [0.717, 1.165) is 35.2 Å². The average Bonchev–Trinajstić information content (AvgIpc) is 3.64. The number of hydrogen-bond acceptors (Lipinski definition) is 8. The fourth-order valence-electron chi connectivity index (χ4n) is 5.10. The zero-order valence-corrected chi connectivity index (χ0v) is 22.0. The van der Waals surface area contributed by atoms with Gasteiger partial charge >= 0.3 is 6.09 Å². The van der Waals surface area contributed by atoms with E-state index in [0.29, 0.717) is 18.7 Å². The first-order valence-electron chi connectivity index (χ1n) is 12.9. The van der Waals surface area contributed by atoms with Crippen molar-refractivity contribution in [1.29, 1.82) is 0 Å². The van der Waals surface area contributed by atoms with Gasteiger partial charge in [0, 0.05) is 23.9 Å². The van der Waals surface area contributed by atoms with Crippen LogP contribution in [0, 0.1) is 0 Å². The standard InChI is InChI=1S/C28H31N8O2/c1-18(19-8-6-5-7-9-19)31-24-12-20(10-11-29-24)23-14-25-33-30-17-36(25)26(32-23)34-15-22-13-21(34)16-35(22)27(37)38-28(2,3)4/h5-12,14,17-18,21H,13,15-16H2,1-4H3,(H,29,31)/q+1. The van der Waals surface area contributed by atoms with E-state index in [1.807, 2.05) is 61.6 Å². The Kier molecular flexibility index (Phi) is 5.81. The third-order valence-electron chi connectivity index (χ3n) is 6.91. The van der Waals surface area contributed by atoms with Crippen molar-refractivity contribution in [2.45, 2.75) is 51.8 Å². The van der Waals surface area contributed by atoms with Gasteiger partial charge in [0.1, 0.15) is 30.3 Å². The number of ether oxygens (including phenoxy) is 1. The van der Waals surface area contributed by atoms with Crippen LogP contribution in [-0.2, 0) is 4.74 Å². The molecule has 2 atom stereocenters. The number of nitrogens with zero attached hydrogens (tertiary/aromatic N) is 7. The molecule has 38 heavy (non-hydrogen) atoms. The van der Waals surface area contributed by atoms with Gasteiger partial charge < -0.3 is 15.0 Å². The van der Waals surface area contributed by atoms with E-state index in [1.54, 1.807) is 17.1 Å². The second kappa shape index (κ2) is 9.20. The smallest absolute Gasteiger partial charge is 0.406 e. The quantitative estimate of drug-likeness (QED) is 0.395. The van der Waals surface area contributed by atoms with Crippen LogP contribution in [0.5, 0.6) is 0 Å². The number of rotatable bonds is 5. The minimum atomic E-state index is -0.527. The van der Waals surface area contributed by atoms with Crippen molar-refractivity contribution >= 4 is 29.2 Å². The summed E-state index contributed by atoms with van der Waals surface area (Å²) in [5, 5.41) is 11.9. The normalized spacial score (nSPS) is 17.8. The number of carbonyl (C=O) groups excluding carboxylic acids is 1. The number of aromatic nitrogens is 5. The highest BCUT2D eigenvalue weighted by molar-refractivity contribution is 5.93. The van der Waals surface area contributed by atoms with E-state index >= 15 is 0 Å². The second-order valence-corrected chi connectivity index (χ2v) is 10.9. The largest absolute Gasteiger partial charge is 0.596 e. The predicted molar refractivity (Wildman–Crippen MR) is 145 cm³/mol. The van der Waals surface area contributed by atoms with Gasteiger partial charge in [-0.2, -0.15) is 4.79 Å². The van der Waals surface area contributed by atoms with E-state index in [1.165, 1.54) is 5.56 Å². The molecule has 2 aliphatic heterocycles. The molecule has 5 heterocycles. The molecular formula is C28H31N8O2+. The lowest BCUT2D eigenvalue weighted by Crippen LogP contribution is -2.44. The van der Waals surface area contributed by atoms with Gasteiger partial charge in [0.25, 0.3) is 0 Å². The Labute approximate surface area is 221 Å². The molecule has 1 fully saturated rings. The number of hydrogen-bond donors (Lipinski definition) is 1. The van der Waals surface area contributed by atoms with Crippen molar-refractivity contribution in [3.05, 3.63) is 66.6 Å². The van der Waals surface area contributed by atoms with Crippen LogP contribution in [0.15, 0.2) is 61.1 Å². The van der Waals surface area contributed by atoms with Gasteiger partial charge in [0.15, 0.2) is 17.9 Å². The van der Waals surface area contributed by atoms with Crippen LogP contribution >= 0.6 is 0 Å². The summed E-state index contributed by atoms with van der Waals surface area (Å²) in [6, 6.07) is 16.4. The topological polar surface area (TPSA) is 101 Å². The van der Waals surface area contributed by atoms with Crippen molar-refractivity contribution in [3.8, 4) is 11.3 Å². The first-order valence-corrected chi connectivity index (χ1v) is 12.9. The van der Waals surface area contributed by atoms with E-state index in [-0.39, 0.29) is 18.2 Å². The van der Waals surface area contributed by atoms with E-state index < -0.39 is 5.60 Å². The summed E-state index contributed by atoms with van der Waals surface area (Å²) in [5.74, 6) is 1.53. The molecule has 4 aromatic rings. The van der Waals surface area contributed by atoms with Crippen molar-refractivity contribution in [2.75, 3.05) is 23.3 Å². The van der Waals surface area contributed by atoms with E-state index in [4.69, 9.17) is 9.72 Å². The monoisotopic (exact) mass is 511 g/mol. The Morgan fingerprint density at radius 3 is 2.74 bits per heavy atom. The molecule has 0 saturated carbocycles. The second-order valence-electron chi connectivity index (χ2n) is 10.9. The molecule has 3 aromatic heterocycles. The molecule has 0 spiro atoms. The van der Waals surface area contributed by atoms with Crippen LogP contribution in [0.25, 0.3) is 16.9 Å². The van der Waals surface area contributed by atoms with Gasteiger partial charge in [-0.3, -0.25) is 4.40 Å². The molecule has 2 unspecified atom stereocenters. The van der Waals surface area contributed by atoms with Gasteiger partial charge in [-0.05, 0) is 45.4 Å². The number of anilines is 2. The Balaban J connectivity index is 1.29. The van der Waals surface area contributed by atoms with Crippen LogP contribution in [0.2, 0.25) is 0 Å². The summed E-state index contributed by atoms with van der Waals surface area (Å²) in [6.07, 6.45) is 3.99. The number of nitrogens with one attached hydrogen (secondary N) is 1. The summed E-state index contributed by atoms with van der Waals surface area (Å²) >= 11 is 0. The minimum absolute atomic E-state index is 0.103. The molecule has 1 aromatic carbocycles. The lowest BCUT2D eigenvalue weighted by molar-refractivity contribution is -0.447. The zero-order chi connectivity index (χ0) is 26.4. The molecule has 2 bridgehead atoms. The Bertz CT molecular complexity index is 1540. The van der Waals surface area contributed by atoms with Crippen molar-refractivity contribution in [2.24, 2.45) is 0 Å².